The summed E-state index contributed by atoms with van der Waals surface area (Å²) >= 11 is 3.16. The first-order chi connectivity index (χ1) is 6.83. The van der Waals surface area contributed by atoms with Crippen LogP contribution in [0.15, 0.2) is 27.6 Å². The van der Waals surface area contributed by atoms with Gasteiger partial charge in [0.05, 0.1) is 4.90 Å². The van der Waals surface area contributed by atoms with E-state index in [1.807, 2.05) is 0 Å². The number of sulfonamides is 1. The molecule has 0 heterocycles. The van der Waals surface area contributed by atoms with Gasteiger partial charge in [0.25, 0.3) is 10.0 Å². The number of benzene rings is 1. The standard InChI is InChI=1S/C8H12BrN3O2S/c1-12(2)11-15(13,14)8-4-3-6(10)5-7(8)9/h3-5,11H,10H2,1-2H3. The van der Waals surface area contributed by atoms with Gasteiger partial charge in [0, 0.05) is 24.3 Å². The molecule has 0 spiro atoms. The summed E-state index contributed by atoms with van der Waals surface area (Å²) in [4.78, 5) is 2.49. The smallest absolute Gasteiger partial charge is 0.254 e. The number of anilines is 1. The maximum atomic E-state index is 11.8. The van der Waals surface area contributed by atoms with Crippen LogP contribution < -0.4 is 10.6 Å². The van der Waals surface area contributed by atoms with Crippen LogP contribution >= 0.6 is 15.9 Å². The molecule has 1 rings (SSSR count). The van der Waals surface area contributed by atoms with Crippen molar-refractivity contribution in [1.82, 2.24) is 9.84 Å². The summed E-state index contributed by atoms with van der Waals surface area (Å²) in [5.41, 5.74) is 6.02. The molecule has 0 saturated carbocycles. The van der Waals surface area contributed by atoms with E-state index < -0.39 is 10.0 Å². The zero-order valence-electron chi connectivity index (χ0n) is 8.36. The second-order valence-corrected chi connectivity index (χ2v) is 5.66. The van der Waals surface area contributed by atoms with Gasteiger partial charge in [0.15, 0.2) is 0 Å². The highest BCUT2D eigenvalue weighted by Crippen LogP contribution is 2.23. The van der Waals surface area contributed by atoms with Crippen molar-refractivity contribution in [2.24, 2.45) is 0 Å². The number of nitrogens with one attached hydrogen (secondary N) is 1. The second kappa shape index (κ2) is 4.48. The van der Waals surface area contributed by atoms with Gasteiger partial charge in [-0.05, 0) is 34.1 Å². The van der Waals surface area contributed by atoms with E-state index in [-0.39, 0.29) is 4.90 Å². The molecule has 84 valence electrons. The lowest BCUT2D eigenvalue weighted by molar-refractivity contribution is 0.364. The molecule has 0 radical (unpaired) electrons. The number of nitrogens with two attached hydrogens (primary N) is 1. The molecule has 0 saturated heterocycles. The molecule has 3 N–H and O–H groups in total. The van der Waals surface area contributed by atoms with Crippen LogP contribution in [0.4, 0.5) is 5.69 Å². The summed E-state index contributed by atoms with van der Waals surface area (Å²) in [6.07, 6.45) is 0. The lowest BCUT2D eigenvalue weighted by atomic mass is 10.3. The quantitative estimate of drug-likeness (QED) is 0.638. The van der Waals surface area contributed by atoms with E-state index in [9.17, 15) is 8.42 Å². The van der Waals surface area contributed by atoms with Crippen LogP contribution in [-0.4, -0.2) is 27.5 Å². The fraction of sp³-hybridized carbons (Fsp3) is 0.250. The first-order valence-corrected chi connectivity index (χ1v) is 6.35. The summed E-state index contributed by atoms with van der Waals surface area (Å²) in [6, 6.07) is 4.53. The van der Waals surface area contributed by atoms with E-state index in [2.05, 4.69) is 20.8 Å². The Morgan fingerprint density at radius 3 is 2.47 bits per heavy atom. The average molecular weight is 294 g/mol. The SMILES string of the molecule is CN(C)NS(=O)(=O)c1ccc(N)cc1Br. The number of hydrogen-bond donors (Lipinski definition) is 2. The normalized spacial score (nSPS) is 12.0. The van der Waals surface area contributed by atoms with E-state index in [0.717, 1.165) is 0 Å². The van der Waals surface area contributed by atoms with Crippen molar-refractivity contribution < 1.29 is 8.42 Å². The fourth-order valence-corrected chi connectivity index (χ4v) is 3.20. The van der Waals surface area contributed by atoms with Gasteiger partial charge in [-0.3, -0.25) is 0 Å². The van der Waals surface area contributed by atoms with Crippen molar-refractivity contribution in [3.05, 3.63) is 22.7 Å². The highest BCUT2D eigenvalue weighted by atomic mass is 79.9. The highest BCUT2D eigenvalue weighted by Gasteiger charge is 2.17. The third-order valence-corrected chi connectivity index (χ3v) is 4.01. The van der Waals surface area contributed by atoms with E-state index in [4.69, 9.17) is 5.73 Å². The van der Waals surface area contributed by atoms with Crippen molar-refractivity contribution in [2.45, 2.75) is 4.90 Å². The Balaban J connectivity index is 3.16. The number of hydrazine groups is 1. The van der Waals surface area contributed by atoms with Crippen LogP contribution in [0.1, 0.15) is 0 Å². The first-order valence-electron chi connectivity index (χ1n) is 4.08. The minimum absolute atomic E-state index is 0.158. The Bertz CT molecular complexity index is 459. The number of rotatable bonds is 3. The van der Waals surface area contributed by atoms with Crippen LogP contribution in [0.5, 0.6) is 0 Å². The van der Waals surface area contributed by atoms with Crippen molar-refractivity contribution >= 4 is 31.6 Å². The minimum atomic E-state index is -3.53. The predicted molar refractivity (Wildman–Crippen MR) is 62.6 cm³/mol. The number of nitrogen functional groups attached to an aromatic ring is 1. The molecule has 0 aliphatic rings. The largest absolute Gasteiger partial charge is 0.399 e. The summed E-state index contributed by atoms with van der Waals surface area (Å²) < 4.78 is 23.9. The van der Waals surface area contributed by atoms with Gasteiger partial charge in [-0.1, -0.05) is 0 Å². The van der Waals surface area contributed by atoms with Gasteiger partial charge in [0.2, 0.25) is 0 Å². The molecule has 1 aromatic carbocycles. The van der Waals surface area contributed by atoms with E-state index >= 15 is 0 Å². The molecule has 0 amide bonds. The third kappa shape index (κ3) is 3.16. The second-order valence-electron chi connectivity index (χ2n) is 3.18. The van der Waals surface area contributed by atoms with Gasteiger partial charge in [0.1, 0.15) is 0 Å². The van der Waals surface area contributed by atoms with Gasteiger partial charge >= 0.3 is 0 Å². The average Bonchev–Trinajstić information content (AvgIpc) is 1.99. The van der Waals surface area contributed by atoms with E-state index in [1.54, 1.807) is 20.2 Å². The topological polar surface area (TPSA) is 75.4 Å². The number of nitrogens with zero attached hydrogens (tertiary/aromatic N) is 1. The molecule has 7 heteroatoms. The van der Waals surface area contributed by atoms with Gasteiger partial charge in [-0.15, -0.1) is 4.83 Å². The zero-order valence-corrected chi connectivity index (χ0v) is 10.8. The van der Waals surface area contributed by atoms with Crippen molar-refractivity contribution in [3.63, 3.8) is 0 Å². The van der Waals surface area contributed by atoms with Crippen LogP contribution in [0.3, 0.4) is 0 Å². The minimum Gasteiger partial charge on any atom is -0.399 e. The summed E-state index contributed by atoms with van der Waals surface area (Å²) in [5, 5.41) is 1.36. The molecular weight excluding hydrogens is 282 g/mol. The predicted octanol–water partition coefficient (Wildman–Crippen LogP) is 0.786. The fourth-order valence-electron chi connectivity index (χ4n) is 1.02. The van der Waals surface area contributed by atoms with E-state index in [1.165, 1.54) is 17.1 Å². The Morgan fingerprint density at radius 2 is 2.00 bits per heavy atom. The molecule has 0 aliphatic heterocycles. The van der Waals surface area contributed by atoms with Gasteiger partial charge < -0.3 is 5.73 Å². The highest BCUT2D eigenvalue weighted by molar-refractivity contribution is 9.10. The Labute approximate surface area is 97.4 Å². The summed E-state index contributed by atoms with van der Waals surface area (Å²) in [7, 11) is -0.334. The molecule has 0 aliphatic carbocycles. The zero-order chi connectivity index (χ0) is 11.6. The van der Waals surface area contributed by atoms with E-state index in [0.29, 0.717) is 10.2 Å². The summed E-state index contributed by atoms with van der Waals surface area (Å²) in [6.45, 7) is 0. The molecule has 15 heavy (non-hydrogen) atoms. The lowest BCUT2D eigenvalue weighted by Gasteiger charge is -2.13. The molecule has 0 fully saturated rings. The molecule has 0 bridgehead atoms. The lowest BCUT2D eigenvalue weighted by Crippen LogP contribution is -2.36. The molecular formula is C8H12BrN3O2S. The first kappa shape index (κ1) is 12.4. The number of hydrogen-bond acceptors (Lipinski definition) is 4. The van der Waals surface area contributed by atoms with Crippen molar-refractivity contribution in [2.75, 3.05) is 19.8 Å². The van der Waals surface area contributed by atoms with Crippen molar-refractivity contribution in [3.8, 4) is 0 Å². The Hall–Kier alpha value is -0.630. The molecule has 0 aromatic heterocycles. The van der Waals surface area contributed by atoms with Gasteiger partial charge in [-0.2, -0.15) is 0 Å². The molecule has 0 atom stereocenters. The maximum Gasteiger partial charge on any atom is 0.254 e. The molecule has 5 nitrogen and oxygen atoms in total. The van der Waals surface area contributed by atoms with Crippen LogP contribution in [-0.2, 0) is 10.0 Å². The Kier molecular flexibility index (Phi) is 3.72. The van der Waals surface area contributed by atoms with Crippen LogP contribution in [0.2, 0.25) is 0 Å². The monoisotopic (exact) mass is 293 g/mol. The molecule has 0 unspecified atom stereocenters. The van der Waals surface area contributed by atoms with Gasteiger partial charge in [-0.25, -0.2) is 13.4 Å². The van der Waals surface area contributed by atoms with Crippen molar-refractivity contribution in [1.29, 1.82) is 0 Å². The Morgan fingerprint density at radius 1 is 1.40 bits per heavy atom. The molecule has 1 aromatic rings. The summed E-state index contributed by atoms with van der Waals surface area (Å²) in [5.74, 6) is 0. The van der Waals surface area contributed by atoms with Crippen LogP contribution in [0.25, 0.3) is 0 Å². The third-order valence-electron chi connectivity index (χ3n) is 1.55. The van der Waals surface area contributed by atoms with Crippen LogP contribution in [0, 0.1) is 0 Å². The number of halogens is 1. The maximum absolute atomic E-state index is 11.8.